The average Bonchev–Trinajstić information content (AvgIpc) is 2.63. The predicted octanol–water partition coefficient (Wildman–Crippen LogP) is 4.89. The Morgan fingerprint density at radius 1 is 0.750 bits per heavy atom. The third-order valence-electron chi connectivity index (χ3n) is 4.39. The molecule has 0 unspecified atom stereocenters. The van der Waals surface area contributed by atoms with Crippen LogP contribution in [-0.2, 0) is 6.54 Å². The molecule has 1 aromatic carbocycles. The number of benzene rings is 1. The number of hydrogen-bond acceptors (Lipinski definition) is 5. The molecule has 2 atom stereocenters. The quantitative estimate of drug-likeness (QED) is 0.657. The second-order valence-corrected chi connectivity index (χ2v) is 8.03. The summed E-state index contributed by atoms with van der Waals surface area (Å²) in [5, 5.41) is 2.84. The van der Waals surface area contributed by atoms with Gasteiger partial charge in [0.25, 0.3) is 0 Å². The highest BCUT2D eigenvalue weighted by molar-refractivity contribution is 8.01. The van der Waals surface area contributed by atoms with E-state index in [-0.39, 0.29) is 10.7 Å². The van der Waals surface area contributed by atoms with Gasteiger partial charge in [0.2, 0.25) is 0 Å². The van der Waals surface area contributed by atoms with E-state index in [4.69, 9.17) is 0 Å². The normalized spacial score (nSPS) is 21.8. The van der Waals surface area contributed by atoms with E-state index in [2.05, 4.69) is 57.3 Å². The van der Waals surface area contributed by atoms with Gasteiger partial charge in [0.1, 0.15) is 10.1 Å². The summed E-state index contributed by atoms with van der Waals surface area (Å²) in [6.07, 6.45) is 3.78. The van der Waals surface area contributed by atoms with E-state index >= 15 is 0 Å². The molecule has 0 fully saturated rings. The molecule has 0 radical (unpaired) electrons. The molecular weight excluding hydrogens is 334 g/mol. The van der Waals surface area contributed by atoms with Crippen molar-refractivity contribution >= 4 is 23.5 Å². The molecular formula is C19H15N3S2. The van der Waals surface area contributed by atoms with Crippen LogP contribution in [0.1, 0.15) is 27.4 Å². The zero-order valence-electron chi connectivity index (χ0n) is 12.9. The first kappa shape index (κ1) is 14.5. The molecule has 24 heavy (non-hydrogen) atoms. The third kappa shape index (κ3) is 2.35. The Morgan fingerprint density at radius 3 is 1.92 bits per heavy atom. The molecule has 0 spiro atoms. The van der Waals surface area contributed by atoms with Crippen molar-refractivity contribution in [2.75, 3.05) is 0 Å². The van der Waals surface area contributed by atoms with Crippen LogP contribution in [0.2, 0.25) is 0 Å². The number of fused-ring (bicyclic) bond motifs is 6. The van der Waals surface area contributed by atoms with Crippen molar-refractivity contribution in [3.05, 3.63) is 83.7 Å². The Morgan fingerprint density at radius 2 is 1.33 bits per heavy atom. The minimum absolute atomic E-state index is 0.266. The summed E-state index contributed by atoms with van der Waals surface area (Å²) in [6.45, 7) is 0.929. The molecule has 0 saturated carbocycles. The van der Waals surface area contributed by atoms with Gasteiger partial charge in [-0.25, -0.2) is 9.97 Å². The first-order valence-electron chi connectivity index (χ1n) is 7.93. The minimum atomic E-state index is 0.266. The van der Waals surface area contributed by atoms with Gasteiger partial charge >= 0.3 is 0 Å². The van der Waals surface area contributed by atoms with Gasteiger partial charge in [-0.1, -0.05) is 66.0 Å². The van der Waals surface area contributed by atoms with Crippen molar-refractivity contribution in [3.8, 4) is 0 Å². The summed E-state index contributed by atoms with van der Waals surface area (Å²) < 4.78 is 0. The molecule has 0 aliphatic carbocycles. The van der Waals surface area contributed by atoms with E-state index in [9.17, 15) is 0 Å². The van der Waals surface area contributed by atoms with Crippen LogP contribution in [0.15, 0.2) is 77.0 Å². The van der Waals surface area contributed by atoms with Crippen molar-refractivity contribution in [1.29, 1.82) is 0 Å². The lowest BCUT2D eigenvalue weighted by molar-refractivity contribution is 0.215. The fraction of sp³-hybridized carbons (Fsp3) is 0.158. The van der Waals surface area contributed by atoms with E-state index in [0.717, 1.165) is 16.6 Å². The average molecular weight is 349 g/mol. The second kappa shape index (κ2) is 5.92. The molecule has 4 heterocycles. The molecule has 118 valence electrons. The Kier molecular flexibility index (Phi) is 3.58. The van der Waals surface area contributed by atoms with Gasteiger partial charge in [-0.15, -0.1) is 0 Å². The molecule has 2 aliphatic heterocycles. The van der Waals surface area contributed by atoms with Gasteiger partial charge in [-0.05, 0) is 17.7 Å². The van der Waals surface area contributed by atoms with Gasteiger partial charge in [0, 0.05) is 30.1 Å². The summed E-state index contributed by atoms with van der Waals surface area (Å²) in [6, 6.07) is 19.2. The standard InChI is InChI=1S/C19H15N3S2/c1-2-6-13(7-3-1)12-22-18-14-8-4-10-20-16(14)23-19(22)15-9-5-11-21-17(15)24-18/h1-11,18-19H,12H2/t18-,19-/m0/s1. The van der Waals surface area contributed by atoms with Gasteiger partial charge in [0.05, 0.1) is 10.7 Å². The molecule has 3 nitrogen and oxygen atoms in total. The van der Waals surface area contributed by atoms with Crippen molar-refractivity contribution in [3.63, 3.8) is 0 Å². The molecule has 2 bridgehead atoms. The van der Waals surface area contributed by atoms with Crippen LogP contribution in [0.4, 0.5) is 0 Å². The van der Waals surface area contributed by atoms with Crippen molar-refractivity contribution in [1.82, 2.24) is 14.9 Å². The van der Waals surface area contributed by atoms with Gasteiger partial charge in [-0.2, -0.15) is 0 Å². The number of pyridine rings is 2. The SMILES string of the molecule is c1ccc(CN2[C@H]3Sc4ncccc4[C@@H]2Sc2ncccc23)cc1. The van der Waals surface area contributed by atoms with Crippen molar-refractivity contribution in [2.24, 2.45) is 0 Å². The van der Waals surface area contributed by atoms with Gasteiger partial charge < -0.3 is 0 Å². The van der Waals surface area contributed by atoms with E-state index in [0.29, 0.717) is 0 Å². The van der Waals surface area contributed by atoms with Crippen LogP contribution in [-0.4, -0.2) is 14.9 Å². The lowest BCUT2D eigenvalue weighted by Gasteiger charge is -2.45. The molecule has 3 aromatic rings. The van der Waals surface area contributed by atoms with Crippen LogP contribution >= 0.6 is 23.5 Å². The maximum atomic E-state index is 4.62. The second-order valence-electron chi connectivity index (χ2n) is 5.89. The fourth-order valence-electron chi connectivity index (χ4n) is 3.29. The van der Waals surface area contributed by atoms with E-state index in [1.54, 1.807) is 0 Å². The zero-order chi connectivity index (χ0) is 15.9. The van der Waals surface area contributed by atoms with Crippen molar-refractivity contribution < 1.29 is 0 Å². The number of nitrogens with zero attached hydrogens (tertiary/aromatic N) is 3. The van der Waals surface area contributed by atoms with E-state index in [1.165, 1.54) is 16.7 Å². The van der Waals surface area contributed by atoms with Crippen LogP contribution in [0.3, 0.4) is 0 Å². The first-order chi connectivity index (χ1) is 11.9. The number of thioether (sulfide) groups is 2. The summed E-state index contributed by atoms with van der Waals surface area (Å²) in [5.41, 5.74) is 3.94. The number of rotatable bonds is 2. The van der Waals surface area contributed by atoms with Crippen LogP contribution < -0.4 is 0 Å². The largest absolute Gasteiger partial charge is 0.266 e. The molecule has 5 heteroatoms. The lowest BCUT2D eigenvalue weighted by atomic mass is 10.1. The monoisotopic (exact) mass is 349 g/mol. The van der Waals surface area contributed by atoms with Gasteiger partial charge in [0.15, 0.2) is 0 Å². The fourth-order valence-corrected chi connectivity index (χ4v) is 6.12. The number of hydrogen-bond donors (Lipinski definition) is 0. The molecule has 5 rings (SSSR count). The summed E-state index contributed by atoms with van der Waals surface area (Å²) in [5.74, 6) is 0. The summed E-state index contributed by atoms with van der Waals surface area (Å²) in [4.78, 5) is 11.8. The maximum Gasteiger partial charge on any atom is 0.103 e. The molecule has 0 saturated heterocycles. The smallest absolute Gasteiger partial charge is 0.103 e. The van der Waals surface area contributed by atoms with E-state index < -0.39 is 0 Å². The van der Waals surface area contributed by atoms with Gasteiger partial charge in [-0.3, -0.25) is 4.90 Å². The topological polar surface area (TPSA) is 29.0 Å². The Balaban J connectivity index is 1.62. The highest BCUT2D eigenvalue weighted by atomic mass is 32.2. The van der Waals surface area contributed by atoms with Crippen LogP contribution in [0.25, 0.3) is 0 Å². The highest BCUT2D eigenvalue weighted by Crippen LogP contribution is 2.59. The lowest BCUT2D eigenvalue weighted by Crippen LogP contribution is -2.36. The third-order valence-corrected chi connectivity index (χ3v) is 7.01. The Bertz CT molecular complexity index is 831. The molecule has 2 aromatic heterocycles. The highest BCUT2D eigenvalue weighted by Gasteiger charge is 2.42. The van der Waals surface area contributed by atoms with Crippen molar-refractivity contribution in [2.45, 2.75) is 27.3 Å². The van der Waals surface area contributed by atoms with Crippen LogP contribution in [0, 0.1) is 0 Å². The summed E-state index contributed by atoms with van der Waals surface area (Å²) >= 11 is 3.69. The predicted molar refractivity (Wildman–Crippen MR) is 97.7 cm³/mol. The molecule has 2 aliphatic rings. The Hall–Kier alpha value is -1.82. The summed E-state index contributed by atoms with van der Waals surface area (Å²) in [7, 11) is 0. The number of aromatic nitrogens is 2. The van der Waals surface area contributed by atoms with Crippen LogP contribution in [0.5, 0.6) is 0 Å². The first-order valence-corrected chi connectivity index (χ1v) is 9.69. The van der Waals surface area contributed by atoms with E-state index in [1.807, 2.05) is 48.1 Å². The molecule has 0 N–H and O–H groups in total. The minimum Gasteiger partial charge on any atom is -0.266 e. The molecule has 0 amide bonds. The Labute approximate surface area is 149 Å². The maximum absolute atomic E-state index is 4.62. The zero-order valence-corrected chi connectivity index (χ0v) is 14.5.